The Kier molecular flexibility index (Phi) is 2.54. The lowest BCUT2D eigenvalue weighted by atomic mass is 10.1. The van der Waals surface area contributed by atoms with Crippen LogP contribution >= 0.6 is 11.3 Å². The lowest BCUT2D eigenvalue weighted by Gasteiger charge is -1.97. The molecule has 0 bridgehead atoms. The van der Waals surface area contributed by atoms with Gasteiger partial charge in [-0.2, -0.15) is 16.3 Å². The Labute approximate surface area is 85.6 Å². The van der Waals surface area contributed by atoms with Gasteiger partial charge in [0.25, 0.3) is 0 Å². The molecule has 68 valence electrons. The predicted octanol–water partition coefficient (Wildman–Crippen LogP) is 3.38. The van der Waals surface area contributed by atoms with Crippen LogP contribution in [-0.4, -0.2) is 6.08 Å². The molecule has 0 fully saturated rings. The lowest BCUT2D eigenvalue weighted by Crippen LogP contribution is -1.72. The van der Waals surface area contributed by atoms with Gasteiger partial charge in [0.2, 0.25) is 6.08 Å². The molecule has 0 saturated heterocycles. The second-order valence-corrected chi connectivity index (χ2v) is 3.55. The minimum atomic E-state index is 0.642. The molecule has 2 nitrogen and oxygen atoms in total. The molecule has 14 heavy (non-hydrogen) atoms. The summed E-state index contributed by atoms with van der Waals surface area (Å²) in [6.45, 7) is 0. The summed E-state index contributed by atoms with van der Waals surface area (Å²) in [5, 5.41) is 4.08. The molecular weight excluding hydrogens is 194 g/mol. The molecule has 0 radical (unpaired) electrons. The SMILES string of the molecule is O=C=Nc1cccc(-c2ccsc2)c1. The van der Waals surface area contributed by atoms with Crippen molar-refractivity contribution >= 4 is 23.1 Å². The minimum absolute atomic E-state index is 0.642. The molecule has 0 unspecified atom stereocenters. The summed E-state index contributed by atoms with van der Waals surface area (Å²) in [7, 11) is 0. The van der Waals surface area contributed by atoms with Gasteiger partial charge in [0, 0.05) is 0 Å². The van der Waals surface area contributed by atoms with Gasteiger partial charge in [-0.25, -0.2) is 4.79 Å². The first-order valence-corrected chi connectivity index (χ1v) is 5.05. The summed E-state index contributed by atoms with van der Waals surface area (Å²) in [6.07, 6.45) is 1.53. The number of isocyanates is 1. The monoisotopic (exact) mass is 201 g/mol. The molecule has 0 spiro atoms. The molecule has 1 heterocycles. The van der Waals surface area contributed by atoms with Crippen molar-refractivity contribution in [3.63, 3.8) is 0 Å². The summed E-state index contributed by atoms with van der Waals surface area (Å²) in [5.41, 5.74) is 2.87. The summed E-state index contributed by atoms with van der Waals surface area (Å²) >= 11 is 1.65. The first-order valence-electron chi connectivity index (χ1n) is 4.10. The van der Waals surface area contributed by atoms with Crippen molar-refractivity contribution in [3.8, 4) is 11.1 Å². The number of rotatable bonds is 2. The van der Waals surface area contributed by atoms with Gasteiger partial charge >= 0.3 is 0 Å². The van der Waals surface area contributed by atoms with Crippen LogP contribution in [0.4, 0.5) is 5.69 Å². The molecular formula is C11H7NOS. The third-order valence-electron chi connectivity index (χ3n) is 1.88. The van der Waals surface area contributed by atoms with Gasteiger partial charge in [0.15, 0.2) is 0 Å². The van der Waals surface area contributed by atoms with E-state index in [1.165, 1.54) is 6.08 Å². The molecule has 0 N–H and O–H groups in total. The van der Waals surface area contributed by atoms with Crippen LogP contribution in [0.1, 0.15) is 0 Å². The first-order chi connectivity index (χ1) is 6.90. The van der Waals surface area contributed by atoms with Crippen LogP contribution in [0, 0.1) is 0 Å². The van der Waals surface area contributed by atoms with E-state index in [0.717, 1.165) is 11.1 Å². The van der Waals surface area contributed by atoms with Crippen LogP contribution in [0.25, 0.3) is 11.1 Å². The number of thiophene rings is 1. The van der Waals surface area contributed by atoms with Crippen molar-refractivity contribution in [2.24, 2.45) is 4.99 Å². The van der Waals surface area contributed by atoms with E-state index in [2.05, 4.69) is 10.4 Å². The maximum absolute atomic E-state index is 10.1. The van der Waals surface area contributed by atoms with Crippen LogP contribution < -0.4 is 0 Å². The van der Waals surface area contributed by atoms with Crippen molar-refractivity contribution in [3.05, 3.63) is 41.1 Å². The molecule has 1 aromatic carbocycles. The van der Waals surface area contributed by atoms with E-state index in [-0.39, 0.29) is 0 Å². The highest BCUT2D eigenvalue weighted by Gasteiger charge is 1.98. The molecule has 0 amide bonds. The van der Waals surface area contributed by atoms with Gasteiger partial charge in [0.1, 0.15) is 0 Å². The fourth-order valence-electron chi connectivity index (χ4n) is 1.24. The van der Waals surface area contributed by atoms with Crippen molar-refractivity contribution in [2.75, 3.05) is 0 Å². The van der Waals surface area contributed by atoms with Crippen LogP contribution in [-0.2, 0) is 4.79 Å². The molecule has 2 aromatic rings. The maximum Gasteiger partial charge on any atom is 0.240 e. The summed E-state index contributed by atoms with van der Waals surface area (Å²) in [5.74, 6) is 0. The molecule has 0 aliphatic heterocycles. The summed E-state index contributed by atoms with van der Waals surface area (Å²) in [4.78, 5) is 13.7. The molecule has 2 rings (SSSR count). The average molecular weight is 201 g/mol. The lowest BCUT2D eigenvalue weighted by molar-refractivity contribution is 0.565. The van der Waals surface area contributed by atoms with E-state index in [0.29, 0.717) is 5.69 Å². The zero-order chi connectivity index (χ0) is 9.80. The summed E-state index contributed by atoms with van der Waals surface area (Å²) < 4.78 is 0. The normalized spacial score (nSPS) is 9.43. The number of nitrogens with zero attached hydrogens (tertiary/aromatic N) is 1. The van der Waals surface area contributed by atoms with Crippen LogP contribution in [0.5, 0.6) is 0 Å². The van der Waals surface area contributed by atoms with Crippen molar-refractivity contribution in [2.45, 2.75) is 0 Å². The Balaban J connectivity index is 2.45. The molecule has 3 heteroatoms. The highest BCUT2D eigenvalue weighted by atomic mass is 32.1. The quantitative estimate of drug-likeness (QED) is 0.541. The van der Waals surface area contributed by atoms with Gasteiger partial charge in [-0.1, -0.05) is 12.1 Å². The van der Waals surface area contributed by atoms with E-state index in [9.17, 15) is 4.79 Å². The second kappa shape index (κ2) is 4.01. The Bertz CT molecular complexity index is 470. The third kappa shape index (κ3) is 1.79. The largest absolute Gasteiger partial charge is 0.240 e. The highest BCUT2D eigenvalue weighted by molar-refractivity contribution is 7.08. The van der Waals surface area contributed by atoms with Gasteiger partial charge in [-0.3, -0.25) is 0 Å². The van der Waals surface area contributed by atoms with E-state index in [4.69, 9.17) is 0 Å². The summed E-state index contributed by atoms with van der Waals surface area (Å²) in [6, 6.07) is 9.55. The minimum Gasteiger partial charge on any atom is -0.211 e. The molecule has 0 saturated carbocycles. The molecule has 1 aromatic heterocycles. The van der Waals surface area contributed by atoms with Gasteiger partial charge in [-0.05, 0) is 40.1 Å². The topological polar surface area (TPSA) is 29.4 Å². The molecule has 0 aliphatic rings. The Hall–Kier alpha value is -1.70. The average Bonchev–Trinajstić information content (AvgIpc) is 2.71. The number of hydrogen-bond donors (Lipinski definition) is 0. The fraction of sp³-hybridized carbons (Fsp3) is 0. The standard InChI is InChI=1S/C11H7NOS/c13-8-12-11-3-1-2-9(6-11)10-4-5-14-7-10/h1-7H. The molecule has 0 aliphatic carbocycles. The smallest absolute Gasteiger partial charge is 0.211 e. The maximum atomic E-state index is 10.1. The third-order valence-corrected chi connectivity index (χ3v) is 2.56. The highest BCUT2D eigenvalue weighted by Crippen LogP contribution is 2.25. The van der Waals surface area contributed by atoms with Gasteiger partial charge in [0.05, 0.1) is 5.69 Å². The van der Waals surface area contributed by atoms with E-state index < -0.39 is 0 Å². The Morgan fingerprint density at radius 2 is 2.14 bits per heavy atom. The van der Waals surface area contributed by atoms with Crippen LogP contribution in [0.3, 0.4) is 0 Å². The number of aliphatic imine (C=N–C) groups is 1. The van der Waals surface area contributed by atoms with E-state index >= 15 is 0 Å². The first kappa shape index (κ1) is 8.88. The predicted molar refractivity (Wildman–Crippen MR) is 57.5 cm³/mol. The Morgan fingerprint density at radius 3 is 2.86 bits per heavy atom. The van der Waals surface area contributed by atoms with Crippen molar-refractivity contribution in [1.29, 1.82) is 0 Å². The van der Waals surface area contributed by atoms with Crippen LogP contribution in [0.2, 0.25) is 0 Å². The number of hydrogen-bond acceptors (Lipinski definition) is 3. The van der Waals surface area contributed by atoms with E-state index in [1.54, 1.807) is 17.4 Å². The Morgan fingerprint density at radius 1 is 1.21 bits per heavy atom. The van der Waals surface area contributed by atoms with Crippen molar-refractivity contribution in [1.82, 2.24) is 0 Å². The zero-order valence-electron chi connectivity index (χ0n) is 7.31. The van der Waals surface area contributed by atoms with E-state index in [1.807, 2.05) is 29.6 Å². The second-order valence-electron chi connectivity index (χ2n) is 2.77. The fourth-order valence-corrected chi connectivity index (χ4v) is 1.90. The van der Waals surface area contributed by atoms with Crippen molar-refractivity contribution < 1.29 is 4.79 Å². The zero-order valence-corrected chi connectivity index (χ0v) is 8.12. The van der Waals surface area contributed by atoms with Gasteiger partial charge in [-0.15, -0.1) is 0 Å². The van der Waals surface area contributed by atoms with Crippen LogP contribution in [0.15, 0.2) is 46.1 Å². The number of benzene rings is 1. The molecule has 0 atom stereocenters. The number of carbonyl (C=O) groups excluding carboxylic acids is 1. The van der Waals surface area contributed by atoms with Gasteiger partial charge < -0.3 is 0 Å².